The standard InChI is InChI=1S/C19H19N3O2/c23-18(19(8-9-19)13-22-11-10-20-14-22)21-17(16-7-4-12-24-16)15-5-2-1-3-6-15/h1-7,10-12,14,17H,8-9,13H2,(H,21,23)/t17-/m0/s1. The molecule has 4 rings (SSSR count). The summed E-state index contributed by atoms with van der Waals surface area (Å²) in [6.07, 6.45) is 8.83. The molecule has 122 valence electrons. The van der Waals surface area contributed by atoms with Gasteiger partial charge >= 0.3 is 0 Å². The van der Waals surface area contributed by atoms with E-state index in [1.54, 1.807) is 18.8 Å². The highest BCUT2D eigenvalue weighted by Gasteiger charge is 2.50. The molecule has 0 aliphatic heterocycles. The minimum Gasteiger partial charge on any atom is -0.467 e. The topological polar surface area (TPSA) is 60.1 Å². The van der Waals surface area contributed by atoms with E-state index < -0.39 is 0 Å². The van der Waals surface area contributed by atoms with Crippen molar-refractivity contribution in [1.29, 1.82) is 0 Å². The van der Waals surface area contributed by atoms with Gasteiger partial charge in [0.05, 0.1) is 18.0 Å². The van der Waals surface area contributed by atoms with Crippen molar-refractivity contribution in [3.8, 4) is 0 Å². The molecule has 24 heavy (non-hydrogen) atoms. The third kappa shape index (κ3) is 2.85. The maximum atomic E-state index is 12.9. The summed E-state index contributed by atoms with van der Waals surface area (Å²) < 4.78 is 7.53. The van der Waals surface area contributed by atoms with Crippen LogP contribution in [0.4, 0.5) is 0 Å². The summed E-state index contributed by atoms with van der Waals surface area (Å²) in [6.45, 7) is 0.665. The van der Waals surface area contributed by atoms with Crippen LogP contribution in [0.15, 0.2) is 71.9 Å². The number of hydrogen-bond acceptors (Lipinski definition) is 3. The SMILES string of the molecule is O=C(N[C@@H](c1ccccc1)c1ccco1)C1(Cn2ccnc2)CC1. The first-order valence-electron chi connectivity index (χ1n) is 8.12. The van der Waals surface area contributed by atoms with Crippen LogP contribution in [0, 0.1) is 5.41 Å². The lowest BCUT2D eigenvalue weighted by Gasteiger charge is -2.22. The number of nitrogens with one attached hydrogen (secondary N) is 1. The summed E-state index contributed by atoms with van der Waals surface area (Å²) in [5.74, 6) is 0.814. The Morgan fingerprint density at radius 3 is 2.71 bits per heavy atom. The lowest BCUT2D eigenvalue weighted by molar-refractivity contribution is -0.127. The van der Waals surface area contributed by atoms with Gasteiger partial charge in [0.15, 0.2) is 0 Å². The molecule has 1 saturated carbocycles. The number of aromatic nitrogens is 2. The summed E-state index contributed by atoms with van der Waals surface area (Å²) in [6, 6.07) is 13.4. The van der Waals surface area contributed by atoms with E-state index >= 15 is 0 Å². The summed E-state index contributed by atoms with van der Waals surface area (Å²) in [5, 5.41) is 3.18. The molecule has 1 atom stereocenters. The van der Waals surface area contributed by atoms with E-state index in [2.05, 4.69) is 10.3 Å². The zero-order valence-electron chi connectivity index (χ0n) is 13.3. The van der Waals surface area contributed by atoms with Gasteiger partial charge in [0, 0.05) is 18.9 Å². The molecule has 1 fully saturated rings. The number of hydrogen-bond donors (Lipinski definition) is 1. The van der Waals surface area contributed by atoms with Crippen LogP contribution in [0.3, 0.4) is 0 Å². The fraction of sp³-hybridized carbons (Fsp3) is 0.263. The molecule has 5 heteroatoms. The second-order valence-corrected chi connectivity index (χ2v) is 6.35. The van der Waals surface area contributed by atoms with Gasteiger partial charge in [-0.25, -0.2) is 4.98 Å². The van der Waals surface area contributed by atoms with Crippen LogP contribution in [0.5, 0.6) is 0 Å². The molecule has 1 aliphatic carbocycles. The van der Waals surface area contributed by atoms with Gasteiger partial charge in [0.25, 0.3) is 0 Å². The summed E-state index contributed by atoms with van der Waals surface area (Å²) >= 11 is 0. The minimum atomic E-state index is -0.333. The van der Waals surface area contributed by atoms with Crippen molar-refractivity contribution in [2.24, 2.45) is 5.41 Å². The highest BCUT2D eigenvalue weighted by Crippen LogP contribution is 2.48. The largest absolute Gasteiger partial charge is 0.467 e. The zero-order valence-corrected chi connectivity index (χ0v) is 13.3. The first-order chi connectivity index (χ1) is 11.8. The lowest BCUT2D eigenvalue weighted by Crippen LogP contribution is -2.37. The second kappa shape index (κ2) is 6.00. The van der Waals surface area contributed by atoms with Gasteiger partial charge in [0.2, 0.25) is 5.91 Å². The molecule has 0 radical (unpaired) electrons. The molecule has 3 aromatic rings. The molecule has 0 spiro atoms. The molecule has 1 amide bonds. The lowest BCUT2D eigenvalue weighted by atomic mass is 10.0. The predicted octanol–water partition coefficient (Wildman–Crippen LogP) is 3.16. The van der Waals surface area contributed by atoms with Crippen LogP contribution >= 0.6 is 0 Å². The number of furan rings is 1. The third-order valence-corrected chi connectivity index (χ3v) is 4.62. The summed E-state index contributed by atoms with van der Waals surface area (Å²) in [4.78, 5) is 17.0. The Labute approximate surface area is 140 Å². The molecule has 1 aliphatic rings. The molecule has 2 heterocycles. The molecule has 2 aromatic heterocycles. The number of carbonyl (C=O) groups excluding carboxylic acids is 1. The molecule has 0 saturated heterocycles. The van der Waals surface area contributed by atoms with Crippen LogP contribution in [0.1, 0.15) is 30.2 Å². The highest BCUT2D eigenvalue weighted by atomic mass is 16.3. The Morgan fingerprint density at radius 2 is 2.08 bits per heavy atom. The average molecular weight is 321 g/mol. The number of carbonyl (C=O) groups is 1. The molecule has 0 unspecified atom stereocenters. The fourth-order valence-electron chi connectivity index (χ4n) is 3.04. The molecule has 1 N–H and O–H groups in total. The van der Waals surface area contributed by atoms with Crippen molar-refractivity contribution in [2.45, 2.75) is 25.4 Å². The van der Waals surface area contributed by atoms with Crippen LogP contribution in [-0.2, 0) is 11.3 Å². The second-order valence-electron chi connectivity index (χ2n) is 6.35. The Hall–Kier alpha value is -2.82. The number of rotatable bonds is 6. The van der Waals surface area contributed by atoms with Crippen molar-refractivity contribution in [3.05, 3.63) is 78.8 Å². The first kappa shape index (κ1) is 14.8. The van der Waals surface area contributed by atoms with Gasteiger partial charge in [-0.3, -0.25) is 4.79 Å². The van der Waals surface area contributed by atoms with E-state index in [9.17, 15) is 4.79 Å². The fourth-order valence-corrected chi connectivity index (χ4v) is 3.04. The monoisotopic (exact) mass is 321 g/mol. The number of nitrogens with zero attached hydrogens (tertiary/aromatic N) is 2. The van der Waals surface area contributed by atoms with Gasteiger partial charge in [-0.2, -0.15) is 0 Å². The number of imidazole rings is 1. The van der Waals surface area contributed by atoms with E-state index in [1.807, 2.05) is 53.2 Å². The third-order valence-electron chi connectivity index (χ3n) is 4.62. The van der Waals surface area contributed by atoms with Crippen LogP contribution in [0.2, 0.25) is 0 Å². The quantitative estimate of drug-likeness (QED) is 0.758. The van der Waals surface area contributed by atoms with Crippen LogP contribution in [-0.4, -0.2) is 15.5 Å². The van der Waals surface area contributed by atoms with Crippen LogP contribution < -0.4 is 5.32 Å². The normalized spacial score (nSPS) is 16.5. The average Bonchev–Trinajstić information content (AvgIpc) is 3.02. The van der Waals surface area contributed by atoms with Gasteiger partial charge in [0.1, 0.15) is 11.8 Å². The van der Waals surface area contributed by atoms with Gasteiger partial charge in [-0.15, -0.1) is 0 Å². The molecule has 1 aromatic carbocycles. The Balaban J connectivity index is 1.56. The van der Waals surface area contributed by atoms with E-state index in [1.165, 1.54) is 0 Å². The van der Waals surface area contributed by atoms with Gasteiger partial charge in [-0.1, -0.05) is 30.3 Å². The maximum absolute atomic E-state index is 12.9. The van der Waals surface area contributed by atoms with Crippen molar-refractivity contribution in [1.82, 2.24) is 14.9 Å². The van der Waals surface area contributed by atoms with E-state index in [-0.39, 0.29) is 17.4 Å². The number of amides is 1. The van der Waals surface area contributed by atoms with Crippen molar-refractivity contribution in [2.75, 3.05) is 0 Å². The maximum Gasteiger partial charge on any atom is 0.228 e. The van der Waals surface area contributed by atoms with Crippen molar-refractivity contribution < 1.29 is 9.21 Å². The smallest absolute Gasteiger partial charge is 0.228 e. The van der Waals surface area contributed by atoms with Crippen molar-refractivity contribution in [3.63, 3.8) is 0 Å². The molecule has 5 nitrogen and oxygen atoms in total. The highest BCUT2D eigenvalue weighted by molar-refractivity contribution is 5.85. The van der Waals surface area contributed by atoms with E-state index in [0.29, 0.717) is 6.54 Å². The van der Waals surface area contributed by atoms with Crippen LogP contribution in [0.25, 0.3) is 0 Å². The predicted molar refractivity (Wildman–Crippen MR) is 89.0 cm³/mol. The Bertz CT molecular complexity index is 791. The summed E-state index contributed by atoms with van der Waals surface area (Å²) in [5.41, 5.74) is 0.680. The molecule has 0 bridgehead atoms. The first-order valence-corrected chi connectivity index (χ1v) is 8.12. The minimum absolute atomic E-state index is 0.0708. The number of benzene rings is 1. The molecular weight excluding hydrogens is 302 g/mol. The Morgan fingerprint density at radius 1 is 1.25 bits per heavy atom. The van der Waals surface area contributed by atoms with E-state index in [4.69, 9.17) is 4.42 Å². The molecular formula is C19H19N3O2. The Kier molecular flexibility index (Phi) is 3.69. The van der Waals surface area contributed by atoms with E-state index in [0.717, 1.165) is 24.2 Å². The van der Waals surface area contributed by atoms with Crippen molar-refractivity contribution >= 4 is 5.91 Å². The van der Waals surface area contributed by atoms with Gasteiger partial charge in [-0.05, 0) is 30.5 Å². The van der Waals surface area contributed by atoms with Gasteiger partial charge < -0.3 is 14.3 Å². The zero-order chi connectivity index (χ0) is 16.4. The summed E-state index contributed by atoms with van der Waals surface area (Å²) in [7, 11) is 0.